The Balaban J connectivity index is 2.55. The van der Waals surface area contributed by atoms with Crippen molar-refractivity contribution >= 4 is 0 Å². The Kier molecular flexibility index (Phi) is 3.26. The van der Waals surface area contributed by atoms with Gasteiger partial charge in [-0.05, 0) is 19.3 Å². The van der Waals surface area contributed by atoms with E-state index < -0.39 is 23.9 Å². The minimum atomic E-state index is -1.92. The number of aliphatic hydroxyl groups is 4. The highest BCUT2D eigenvalue weighted by Crippen LogP contribution is 2.31. The topological polar surface area (TPSA) is 107 Å². The maximum absolute atomic E-state index is 9.39. The van der Waals surface area contributed by atoms with Crippen molar-refractivity contribution in [3.05, 3.63) is 0 Å². The van der Waals surface area contributed by atoms with E-state index >= 15 is 0 Å². The molecule has 5 heteroatoms. The lowest BCUT2D eigenvalue weighted by Crippen LogP contribution is -2.49. The van der Waals surface area contributed by atoms with Crippen molar-refractivity contribution < 1.29 is 20.4 Å². The second-order valence-electron chi connectivity index (χ2n) is 3.73. The molecule has 0 bridgehead atoms. The monoisotopic (exact) mass is 191 g/mol. The summed E-state index contributed by atoms with van der Waals surface area (Å²) in [7, 11) is 0. The summed E-state index contributed by atoms with van der Waals surface area (Å²) >= 11 is 0. The van der Waals surface area contributed by atoms with Gasteiger partial charge in [0.05, 0.1) is 12.2 Å². The van der Waals surface area contributed by atoms with Crippen LogP contribution in [-0.2, 0) is 0 Å². The average Bonchev–Trinajstić information content (AvgIpc) is 2.09. The van der Waals surface area contributed by atoms with Crippen molar-refractivity contribution in [3.63, 3.8) is 0 Å². The summed E-state index contributed by atoms with van der Waals surface area (Å²) < 4.78 is 0. The maximum atomic E-state index is 9.39. The second kappa shape index (κ2) is 3.89. The molecule has 3 unspecified atom stereocenters. The maximum Gasteiger partial charge on any atom is 0.178 e. The van der Waals surface area contributed by atoms with Gasteiger partial charge < -0.3 is 26.2 Å². The SMILES string of the molecule is NCC(O)(O)C1CCC(O)C(O)C1. The molecule has 5 nitrogen and oxygen atoms in total. The Bertz CT molecular complexity index is 174. The Hall–Kier alpha value is -0.200. The predicted octanol–water partition coefficient (Wildman–Crippen LogP) is -1.85. The van der Waals surface area contributed by atoms with Crippen LogP contribution < -0.4 is 5.73 Å². The third kappa shape index (κ3) is 2.38. The molecule has 1 saturated carbocycles. The lowest BCUT2D eigenvalue weighted by Gasteiger charge is -2.37. The predicted molar refractivity (Wildman–Crippen MR) is 45.6 cm³/mol. The summed E-state index contributed by atoms with van der Waals surface area (Å²) in [6.07, 6.45) is -0.573. The van der Waals surface area contributed by atoms with Crippen LogP contribution in [0.4, 0.5) is 0 Å². The molecule has 6 N–H and O–H groups in total. The summed E-state index contributed by atoms with van der Waals surface area (Å²) in [6.45, 7) is -0.250. The Labute approximate surface area is 76.8 Å². The Morgan fingerprint density at radius 1 is 1.15 bits per heavy atom. The lowest BCUT2D eigenvalue weighted by atomic mass is 9.80. The molecule has 3 atom stereocenters. The molecule has 0 saturated heterocycles. The highest BCUT2D eigenvalue weighted by atomic mass is 16.5. The molecule has 0 spiro atoms. The molecule has 0 radical (unpaired) electrons. The molecule has 13 heavy (non-hydrogen) atoms. The van der Waals surface area contributed by atoms with Crippen LogP contribution in [-0.4, -0.2) is 45.0 Å². The van der Waals surface area contributed by atoms with E-state index in [1.807, 2.05) is 0 Å². The third-order valence-electron chi connectivity index (χ3n) is 2.74. The van der Waals surface area contributed by atoms with Gasteiger partial charge in [0.2, 0.25) is 0 Å². The van der Waals surface area contributed by atoms with Crippen LogP contribution in [0.25, 0.3) is 0 Å². The minimum Gasteiger partial charge on any atom is -0.390 e. The summed E-state index contributed by atoms with van der Waals surface area (Å²) in [5.41, 5.74) is 5.17. The van der Waals surface area contributed by atoms with Gasteiger partial charge in [0.25, 0.3) is 0 Å². The molecule has 1 aliphatic rings. The van der Waals surface area contributed by atoms with Crippen LogP contribution in [0.15, 0.2) is 0 Å². The van der Waals surface area contributed by atoms with Gasteiger partial charge >= 0.3 is 0 Å². The van der Waals surface area contributed by atoms with Crippen molar-refractivity contribution in [2.75, 3.05) is 6.54 Å². The quantitative estimate of drug-likeness (QED) is 0.329. The Morgan fingerprint density at radius 3 is 2.23 bits per heavy atom. The Morgan fingerprint density at radius 2 is 1.77 bits per heavy atom. The molecule has 0 amide bonds. The van der Waals surface area contributed by atoms with Gasteiger partial charge in [-0.25, -0.2) is 0 Å². The van der Waals surface area contributed by atoms with Crippen LogP contribution >= 0.6 is 0 Å². The highest BCUT2D eigenvalue weighted by molar-refractivity contribution is 4.86. The molecule has 0 aliphatic heterocycles. The van der Waals surface area contributed by atoms with E-state index in [1.54, 1.807) is 0 Å². The zero-order valence-electron chi connectivity index (χ0n) is 7.43. The van der Waals surface area contributed by atoms with Gasteiger partial charge in [-0.3, -0.25) is 0 Å². The normalized spacial score (nSPS) is 36.2. The average molecular weight is 191 g/mol. The standard InChI is InChI=1S/C8H17NO4/c9-4-8(12,13)5-1-2-6(10)7(11)3-5/h5-7,10-13H,1-4,9H2. The molecule has 0 aromatic heterocycles. The fraction of sp³-hybridized carbons (Fsp3) is 1.00. The highest BCUT2D eigenvalue weighted by Gasteiger charge is 2.39. The van der Waals surface area contributed by atoms with Gasteiger partial charge in [-0.15, -0.1) is 0 Å². The largest absolute Gasteiger partial charge is 0.390 e. The third-order valence-corrected chi connectivity index (χ3v) is 2.74. The molecule has 1 aliphatic carbocycles. The fourth-order valence-corrected chi connectivity index (χ4v) is 1.72. The number of rotatable bonds is 2. The molecule has 1 rings (SSSR count). The number of aliphatic hydroxyl groups excluding tert-OH is 2. The molecule has 0 aromatic rings. The zero-order chi connectivity index (χ0) is 10.1. The van der Waals surface area contributed by atoms with Gasteiger partial charge in [0.15, 0.2) is 5.79 Å². The first-order valence-corrected chi connectivity index (χ1v) is 4.48. The number of hydrogen-bond acceptors (Lipinski definition) is 5. The molecular weight excluding hydrogens is 174 g/mol. The summed E-state index contributed by atoms with van der Waals surface area (Å²) in [5.74, 6) is -2.36. The molecule has 0 heterocycles. The van der Waals surface area contributed by atoms with Crippen molar-refractivity contribution in [1.29, 1.82) is 0 Å². The van der Waals surface area contributed by atoms with E-state index in [0.29, 0.717) is 12.8 Å². The van der Waals surface area contributed by atoms with Crippen LogP contribution in [0.3, 0.4) is 0 Å². The first-order valence-electron chi connectivity index (χ1n) is 4.48. The van der Waals surface area contributed by atoms with Crippen molar-refractivity contribution in [2.24, 2.45) is 11.7 Å². The van der Waals surface area contributed by atoms with Crippen LogP contribution in [0.5, 0.6) is 0 Å². The first-order chi connectivity index (χ1) is 5.97. The zero-order valence-corrected chi connectivity index (χ0v) is 7.43. The van der Waals surface area contributed by atoms with E-state index in [2.05, 4.69) is 0 Å². The number of nitrogens with two attached hydrogens (primary N) is 1. The van der Waals surface area contributed by atoms with E-state index in [1.165, 1.54) is 0 Å². The molecule has 0 aromatic carbocycles. The van der Waals surface area contributed by atoms with Crippen molar-refractivity contribution in [3.8, 4) is 0 Å². The lowest BCUT2D eigenvalue weighted by molar-refractivity contribution is -0.211. The van der Waals surface area contributed by atoms with Crippen LogP contribution in [0, 0.1) is 5.92 Å². The van der Waals surface area contributed by atoms with Crippen molar-refractivity contribution in [1.82, 2.24) is 0 Å². The molecular formula is C8H17NO4. The van der Waals surface area contributed by atoms with Crippen molar-refractivity contribution in [2.45, 2.75) is 37.3 Å². The molecule has 78 valence electrons. The summed E-state index contributed by atoms with van der Waals surface area (Å²) in [4.78, 5) is 0. The van der Waals surface area contributed by atoms with E-state index in [-0.39, 0.29) is 13.0 Å². The van der Waals surface area contributed by atoms with Gasteiger partial charge in [-0.1, -0.05) is 0 Å². The first kappa shape index (κ1) is 10.9. The van der Waals surface area contributed by atoms with Crippen LogP contribution in [0.1, 0.15) is 19.3 Å². The fourth-order valence-electron chi connectivity index (χ4n) is 1.72. The second-order valence-corrected chi connectivity index (χ2v) is 3.73. The van der Waals surface area contributed by atoms with Crippen LogP contribution in [0.2, 0.25) is 0 Å². The van der Waals surface area contributed by atoms with E-state index in [4.69, 9.17) is 5.73 Å². The van der Waals surface area contributed by atoms with E-state index in [9.17, 15) is 20.4 Å². The number of hydrogen-bond donors (Lipinski definition) is 5. The molecule has 1 fully saturated rings. The van der Waals surface area contributed by atoms with Gasteiger partial charge in [0.1, 0.15) is 0 Å². The summed E-state index contributed by atoms with van der Waals surface area (Å²) in [6, 6.07) is 0. The van der Waals surface area contributed by atoms with Gasteiger partial charge in [-0.2, -0.15) is 0 Å². The van der Waals surface area contributed by atoms with E-state index in [0.717, 1.165) is 0 Å². The van der Waals surface area contributed by atoms with Gasteiger partial charge in [0, 0.05) is 12.5 Å². The minimum absolute atomic E-state index is 0.186. The summed E-state index contributed by atoms with van der Waals surface area (Å²) in [5, 5.41) is 37.3. The smallest absolute Gasteiger partial charge is 0.178 e.